The average molecular weight is 218 g/mol. The molecule has 0 radical (unpaired) electrons. The Morgan fingerprint density at radius 3 is 2.94 bits per heavy atom. The van der Waals surface area contributed by atoms with Crippen LogP contribution in [0.1, 0.15) is 5.56 Å². The Kier molecular flexibility index (Phi) is 4.90. The van der Waals surface area contributed by atoms with E-state index in [1.54, 1.807) is 0 Å². The Hall–Kier alpha value is -1.99. The van der Waals surface area contributed by atoms with E-state index in [1.807, 2.05) is 24.3 Å². The zero-order chi connectivity index (χ0) is 11.8. The van der Waals surface area contributed by atoms with E-state index in [1.165, 1.54) is 0 Å². The van der Waals surface area contributed by atoms with E-state index >= 15 is 0 Å². The van der Waals surface area contributed by atoms with Gasteiger partial charge in [-0.15, -0.1) is 6.42 Å². The zero-order valence-corrected chi connectivity index (χ0v) is 8.90. The van der Waals surface area contributed by atoms with Gasteiger partial charge in [0, 0.05) is 12.1 Å². The van der Waals surface area contributed by atoms with Gasteiger partial charge in [0.1, 0.15) is 12.4 Å². The molecule has 3 N–H and O–H groups in total. The zero-order valence-electron chi connectivity index (χ0n) is 8.90. The summed E-state index contributed by atoms with van der Waals surface area (Å²) in [7, 11) is 0. The van der Waals surface area contributed by atoms with Gasteiger partial charge in [-0.25, -0.2) is 0 Å². The molecule has 1 amide bonds. The van der Waals surface area contributed by atoms with Gasteiger partial charge >= 0.3 is 0 Å². The second-order valence-electron chi connectivity index (χ2n) is 3.17. The van der Waals surface area contributed by atoms with Crippen LogP contribution in [-0.4, -0.2) is 19.1 Å². The first-order chi connectivity index (χ1) is 7.74. The molecule has 0 fully saturated rings. The average Bonchev–Trinajstić information content (AvgIpc) is 2.27. The van der Waals surface area contributed by atoms with Crippen LogP contribution in [0.3, 0.4) is 0 Å². The summed E-state index contributed by atoms with van der Waals surface area (Å²) >= 11 is 0. The quantitative estimate of drug-likeness (QED) is 0.674. The minimum absolute atomic E-state index is 0.142. The Bertz CT molecular complexity index is 396. The predicted octanol–water partition coefficient (Wildman–Crippen LogP) is 0.274. The Labute approximate surface area is 94.8 Å². The fraction of sp³-hybridized carbons (Fsp3) is 0.250. The normalized spacial score (nSPS) is 9.44. The molecular weight excluding hydrogens is 204 g/mol. The second-order valence-corrected chi connectivity index (χ2v) is 3.17. The van der Waals surface area contributed by atoms with Crippen molar-refractivity contribution in [2.45, 2.75) is 6.54 Å². The van der Waals surface area contributed by atoms with Crippen LogP contribution in [0.2, 0.25) is 0 Å². The maximum absolute atomic E-state index is 10.5. The first-order valence-electron chi connectivity index (χ1n) is 4.87. The van der Waals surface area contributed by atoms with E-state index in [2.05, 4.69) is 11.2 Å². The molecule has 0 aromatic heterocycles. The molecule has 0 aliphatic rings. The summed E-state index contributed by atoms with van der Waals surface area (Å²) in [6.07, 6.45) is 5.11. The molecule has 0 aliphatic heterocycles. The van der Waals surface area contributed by atoms with Crippen molar-refractivity contribution in [2.24, 2.45) is 5.73 Å². The van der Waals surface area contributed by atoms with Crippen molar-refractivity contribution in [3.05, 3.63) is 29.8 Å². The molecule has 16 heavy (non-hydrogen) atoms. The monoisotopic (exact) mass is 218 g/mol. The van der Waals surface area contributed by atoms with Crippen LogP contribution in [0.15, 0.2) is 24.3 Å². The van der Waals surface area contributed by atoms with E-state index < -0.39 is 0 Å². The SMILES string of the molecule is C#CCOc1ccccc1CNCC(N)=O. The molecule has 1 aromatic rings. The molecule has 0 spiro atoms. The van der Waals surface area contributed by atoms with E-state index in [0.29, 0.717) is 6.54 Å². The number of nitrogens with one attached hydrogen (secondary N) is 1. The van der Waals surface area contributed by atoms with Crippen LogP contribution < -0.4 is 15.8 Å². The molecule has 0 aliphatic carbocycles. The summed E-state index contributed by atoms with van der Waals surface area (Å²) < 4.78 is 5.35. The minimum atomic E-state index is -0.387. The molecule has 0 atom stereocenters. The van der Waals surface area contributed by atoms with Crippen LogP contribution >= 0.6 is 0 Å². The number of amides is 1. The van der Waals surface area contributed by atoms with Crippen LogP contribution in [0.5, 0.6) is 5.75 Å². The third-order valence-corrected chi connectivity index (χ3v) is 1.90. The third kappa shape index (κ3) is 4.03. The van der Waals surface area contributed by atoms with Gasteiger partial charge in [-0.3, -0.25) is 4.79 Å². The number of carbonyl (C=O) groups is 1. The Balaban J connectivity index is 2.57. The van der Waals surface area contributed by atoms with Crippen molar-refractivity contribution >= 4 is 5.91 Å². The molecule has 0 bridgehead atoms. The molecule has 0 heterocycles. The lowest BCUT2D eigenvalue weighted by molar-refractivity contribution is -0.117. The summed E-state index contributed by atoms with van der Waals surface area (Å²) in [6, 6.07) is 7.49. The fourth-order valence-electron chi connectivity index (χ4n) is 1.23. The maximum atomic E-state index is 10.5. The van der Waals surface area contributed by atoms with Crippen LogP contribution in [0, 0.1) is 12.3 Å². The van der Waals surface area contributed by atoms with Gasteiger partial charge in [0.05, 0.1) is 6.54 Å². The van der Waals surface area contributed by atoms with Gasteiger partial charge in [0.25, 0.3) is 0 Å². The minimum Gasteiger partial charge on any atom is -0.481 e. The number of carbonyl (C=O) groups excluding carboxylic acids is 1. The fourth-order valence-corrected chi connectivity index (χ4v) is 1.23. The van der Waals surface area contributed by atoms with Crippen LogP contribution in [-0.2, 0) is 11.3 Å². The summed E-state index contributed by atoms with van der Waals surface area (Å²) in [4.78, 5) is 10.5. The standard InChI is InChI=1S/C12H14N2O2/c1-2-7-16-11-6-4-3-5-10(11)8-14-9-12(13)15/h1,3-6,14H,7-9H2,(H2,13,15). The van der Waals surface area contributed by atoms with Gasteiger partial charge in [-0.05, 0) is 6.07 Å². The van der Waals surface area contributed by atoms with Gasteiger partial charge in [0.2, 0.25) is 5.91 Å². The Morgan fingerprint density at radius 2 is 2.25 bits per heavy atom. The van der Waals surface area contributed by atoms with Crippen molar-refractivity contribution in [1.82, 2.24) is 5.32 Å². The number of hydrogen-bond acceptors (Lipinski definition) is 3. The van der Waals surface area contributed by atoms with E-state index in [9.17, 15) is 4.79 Å². The summed E-state index contributed by atoms with van der Waals surface area (Å²) in [5.41, 5.74) is 5.96. The third-order valence-electron chi connectivity index (χ3n) is 1.90. The van der Waals surface area contributed by atoms with Gasteiger partial charge in [0.15, 0.2) is 0 Å². The first-order valence-corrected chi connectivity index (χ1v) is 4.87. The Morgan fingerprint density at radius 1 is 1.50 bits per heavy atom. The number of terminal acetylenes is 1. The molecule has 0 saturated carbocycles. The van der Waals surface area contributed by atoms with Gasteiger partial charge in [-0.2, -0.15) is 0 Å². The highest BCUT2D eigenvalue weighted by Crippen LogP contribution is 2.17. The summed E-state index contributed by atoms with van der Waals surface area (Å²) in [5, 5.41) is 2.91. The van der Waals surface area contributed by atoms with Crippen molar-refractivity contribution < 1.29 is 9.53 Å². The molecule has 4 nitrogen and oxygen atoms in total. The lowest BCUT2D eigenvalue weighted by atomic mass is 10.2. The smallest absolute Gasteiger partial charge is 0.231 e. The summed E-state index contributed by atoms with van der Waals surface area (Å²) in [6.45, 7) is 0.889. The lowest BCUT2D eigenvalue weighted by Crippen LogP contribution is -2.28. The van der Waals surface area contributed by atoms with E-state index in [4.69, 9.17) is 16.9 Å². The van der Waals surface area contributed by atoms with Gasteiger partial charge < -0.3 is 15.8 Å². The van der Waals surface area contributed by atoms with E-state index in [-0.39, 0.29) is 19.1 Å². The molecule has 84 valence electrons. The number of rotatable bonds is 6. The largest absolute Gasteiger partial charge is 0.481 e. The highest BCUT2D eigenvalue weighted by Gasteiger charge is 2.02. The highest BCUT2D eigenvalue weighted by molar-refractivity contribution is 5.75. The molecule has 0 saturated heterocycles. The number of benzene rings is 1. The van der Waals surface area contributed by atoms with Crippen molar-refractivity contribution in [3.8, 4) is 18.1 Å². The molecule has 4 heteroatoms. The number of hydrogen-bond donors (Lipinski definition) is 2. The van der Waals surface area contributed by atoms with Crippen molar-refractivity contribution in [2.75, 3.05) is 13.2 Å². The number of primary amides is 1. The summed E-state index contributed by atoms with van der Waals surface area (Å²) in [5.74, 6) is 2.73. The molecular formula is C12H14N2O2. The van der Waals surface area contributed by atoms with Gasteiger partial charge in [-0.1, -0.05) is 24.1 Å². The molecule has 1 aromatic carbocycles. The highest BCUT2D eigenvalue weighted by atomic mass is 16.5. The number of ether oxygens (including phenoxy) is 1. The van der Waals surface area contributed by atoms with Crippen LogP contribution in [0.4, 0.5) is 0 Å². The predicted molar refractivity (Wildman–Crippen MR) is 61.7 cm³/mol. The van der Waals surface area contributed by atoms with E-state index in [0.717, 1.165) is 11.3 Å². The van der Waals surface area contributed by atoms with Crippen molar-refractivity contribution in [1.29, 1.82) is 0 Å². The van der Waals surface area contributed by atoms with Crippen LogP contribution in [0.25, 0.3) is 0 Å². The van der Waals surface area contributed by atoms with Crippen molar-refractivity contribution in [3.63, 3.8) is 0 Å². The molecule has 0 unspecified atom stereocenters. The molecule has 1 rings (SSSR count). The lowest BCUT2D eigenvalue weighted by Gasteiger charge is -2.09. The first kappa shape index (κ1) is 12.1. The number of para-hydroxylation sites is 1. The number of nitrogens with two attached hydrogens (primary N) is 1. The maximum Gasteiger partial charge on any atom is 0.231 e. The topological polar surface area (TPSA) is 64.3 Å². The second kappa shape index (κ2) is 6.49.